The lowest BCUT2D eigenvalue weighted by Gasteiger charge is -2.05. The number of halogens is 1. The van der Waals surface area contributed by atoms with Crippen LogP contribution in [0, 0.1) is 13.8 Å². The Labute approximate surface area is 144 Å². The summed E-state index contributed by atoms with van der Waals surface area (Å²) in [6.45, 7) is 3.89. The first kappa shape index (κ1) is 16.1. The molecule has 1 amide bonds. The molecule has 3 aromatic rings. The van der Waals surface area contributed by atoms with Crippen LogP contribution in [0.4, 0.5) is 0 Å². The first-order valence-corrected chi connectivity index (χ1v) is 7.80. The quantitative estimate of drug-likeness (QED) is 0.792. The van der Waals surface area contributed by atoms with Crippen LogP contribution in [0.15, 0.2) is 42.7 Å². The van der Waals surface area contributed by atoms with E-state index in [1.165, 1.54) is 0 Å². The topological polar surface area (TPSA) is 72.7 Å². The van der Waals surface area contributed by atoms with E-state index in [0.717, 1.165) is 11.3 Å². The molecule has 0 aliphatic rings. The third kappa shape index (κ3) is 3.28. The van der Waals surface area contributed by atoms with E-state index >= 15 is 0 Å². The number of nitrogens with zero attached hydrogens (tertiary/aromatic N) is 4. The fourth-order valence-electron chi connectivity index (χ4n) is 2.26. The van der Waals surface area contributed by atoms with Gasteiger partial charge in [0.15, 0.2) is 0 Å². The van der Waals surface area contributed by atoms with Crippen molar-refractivity contribution in [1.29, 1.82) is 0 Å². The van der Waals surface area contributed by atoms with E-state index in [2.05, 4.69) is 20.4 Å². The molecular weight excluding hydrogens is 326 g/mol. The molecule has 0 fully saturated rings. The molecule has 0 aliphatic carbocycles. The summed E-state index contributed by atoms with van der Waals surface area (Å²) in [5, 5.41) is 7.42. The van der Waals surface area contributed by atoms with Gasteiger partial charge in [0.25, 0.3) is 5.91 Å². The monoisotopic (exact) mass is 341 g/mol. The molecule has 0 spiro atoms. The number of hydrogen-bond acceptors (Lipinski definition) is 4. The van der Waals surface area contributed by atoms with Gasteiger partial charge in [-0.05, 0) is 31.5 Å². The summed E-state index contributed by atoms with van der Waals surface area (Å²) in [6.07, 6.45) is 3.42. The fourth-order valence-corrected chi connectivity index (χ4v) is 2.61. The molecule has 6 nitrogen and oxygen atoms in total. The van der Waals surface area contributed by atoms with E-state index in [4.69, 9.17) is 11.6 Å². The number of amides is 1. The number of hydrogen-bond donors (Lipinski definition) is 1. The maximum absolute atomic E-state index is 12.5. The van der Waals surface area contributed by atoms with Crippen LogP contribution in [-0.2, 0) is 6.54 Å². The molecule has 2 aromatic heterocycles. The smallest absolute Gasteiger partial charge is 0.256 e. The molecule has 0 atom stereocenters. The van der Waals surface area contributed by atoms with Crippen molar-refractivity contribution in [2.24, 2.45) is 0 Å². The first-order valence-electron chi connectivity index (χ1n) is 7.42. The summed E-state index contributed by atoms with van der Waals surface area (Å²) in [5.41, 5.74) is 2.68. The van der Waals surface area contributed by atoms with Gasteiger partial charge in [-0.1, -0.05) is 29.8 Å². The Balaban J connectivity index is 1.80. The molecule has 24 heavy (non-hydrogen) atoms. The molecule has 2 heterocycles. The number of aryl methyl sites for hydroxylation is 2. The second-order valence-electron chi connectivity index (χ2n) is 5.36. The number of para-hydroxylation sites is 1. The molecule has 0 aliphatic heterocycles. The lowest BCUT2D eigenvalue weighted by Crippen LogP contribution is -2.24. The van der Waals surface area contributed by atoms with Crippen LogP contribution < -0.4 is 5.32 Å². The second kappa shape index (κ2) is 6.80. The molecule has 0 radical (unpaired) electrons. The third-order valence-electron chi connectivity index (χ3n) is 3.47. The molecule has 0 saturated heterocycles. The summed E-state index contributed by atoms with van der Waals surface area (Å²) in [4.78, 5) is 20.8. The highest BCUT2D eigenvalue weighted by atomic mass is 35.5. The zero-order chi connectivity index (χ0) is 17.1. The molecular formula is C17H16ClN5O. The largest absolute Gasteiger partial charge is 0.345 e. The van der Waals surface area contributed by atoms with Gasteiger partial charge in [0.1, 0.15) is 11.0 Å². The molecule has 0 unspecified atom stereocenters. The van der Waals surface area contributed by atoms with Crippen molar-refractivity contribution in [2.75, 3.05) is 0 Å². The van der Waals surface area contributed by atoms with Crippen molar-refractivity contribution in [3.05, 3.63) is 70.5 Å². The normalized spacial score (nSPS) is 10.6. The number of rotatable bonds is 4. The summed E-state index contributed by atoms with van der Waals surface area (Å²) in [6, 6.07) is 9.43. The van der Waals surface area contributed by atoms with Gasteiger partial charge >= 0.3 is 0 Å². The Kier molecular flexibility index (Phi) is 4.57. The van der Waals surface area contributed by atoms with Gasteiger partial charge in [-0.25, -0.2) is 14.6 Å². The Morgan fingerprint density at radius 2 is 1.83 bits per heavy atom. The van der Waals surface area contributed by atoms with Crippen LogP contribution in [0.5, 0.6) is 0 Å². The number of aromatic nitrogens is 4. The highest BCUT2D eigenvalue weighted by Gasteiger charge is 2.21. The van der Waals surface area contributed by atoms with Gasteiger partial charge in [0.05, 0.1) is 23.5 Å². The van der Waals surface area contributed by atoms with Crippen molar-refractivity contribution in [2.45, 2.75) is 20.4 Å². The minimum Gasteiger partial charge on any atom is -0.345 e. The third-order valence-corrected chi connectivity index (χ3v) is 3.82. The van der Waals surface area contributed by atoms with E-state index < -0.39 is 0 Å². The van der Waals surface area contributed by atoms with Crippen molar-refractivity contribution >= 4 is 17.5 Å². The molecule has 0 saturated carbocycles. The average Bonchev–Trinajstić information content (AvgIpc) is 2.89. The minimum atomic E-state index is -0.302. The molecule has 1 aromatic carbocycles. The molecule has 3 rings (SSSR count). The highest BCUT2D eigenvalue weighted by Crippen LogP contribution is 2.23. The zero-order valence-electron chi connectivity index (χ0n) is 13.3. The van der Waals surface area contributed by atoms with Gasteiger partial charge in [-0.3, -0.25) is 4.79 Å². The average molecular weight is 342 g/mol. The molecule has 0 bridgehead atoms. The summed E-state index contributed by atoms with van der Waals surface area (Å²) in [7, 11) is 0. The molecule has 122 valence electrons. The lowest BCUT2D eigenvalue weighted by atomic mass is 10.2. The summed E-state index contributed by atoms with van der Waals surface area (Å²) >= 11 is 6.37. The van der Waals surface area contributed by atoms with Crippen molar-refractivity contribution < 1.29 is 4.79 Å². The summed E-state index contributed by atoms with van der Waals surface area (Å²) in [5.74, 6) is 0.238. The maximum atomic E-state index is 12.5. The van der Waals surface area contributed by atoms with Gasteiger partial charge < -0.3 is 5.32 Å². The number of nitrogens with one attached hydrogen (secondary N) is 1. The Hall–Kier alpha value is -2.73. The van der Waals surface area contributed by atoms with Gasteiger partial charge in [-0.15, -0.1) is 0 Å². The van der Waals surface area contributed by atoms with Crippen molar-refractivity contribution in [1.82, 2.24) is 25.1 Å². The van der Waals surface area contributed by atoms with E-state index in [1.807, 2.05) is 37.3 Å². The van der Waals surface area contributed by atoms with Crippen LogP contribution in [0.25, 0.3) is 5.69 Å². The zero-order valence-corrected chi connectivity index (χ0v) is 14.1. The van der Waals surface area contributed by atoms with Crippen LogP contribution >= 0.6 is 11.6 Å². The van der Waals surface area contributed by atoms with E-state index in [9.17, 15) is 4.79 Å². The van der Waals surface area contributed by atoms with Gasteiger partial charge in [0.2, 0.25) is 0 Å². The van der Waals surface area contributed by atoms with Crippen LogP contribution in [-0.4, -0.2) is 25.7 Å². The maximum Gasteiger partial charge on any atom is 0.256 e. The van der Waals surface area contributed by atoms with E-state index in [1.54, 1.807) is 24.0 Å². The van der Waals surface area contributed by atoms with Crippen LogP contribution in [0.2, 0.25) is 5.15 Å². The number of carbonyl (C=O) groups excluding carboxylic acids is 1. The van der Waals surface area contributed by atoms with Crippen LogP contribution in [0.3, 0.4) is 0 Å². The predicted octanol–water partition coefficient (Wildman–Crippen LogP) is 2.86. The Morgan fingerprint density at radius 1 is 1.17 bits per heavy atom. The minimum absolute atomic E-state index is 0.228. The van der Waals surface area contributed by atoms with Gasteiger partial charge in [-0.2, -0.15) is 5.10 Å². The Bertz CT molecular complexity index is 859. The standard InChI is InChI=1S/C17H16ClN5O/c1-11-8-19-14(20-9-11)10-21-17(24)15-12(2)22-23(16(15)18)13-6-4-3-5-7-13/h3-9H,10H2,1-2H3,(H,21,24). The second-order valence-corrected chi connectivity index (χ2v) is 5.72. The van der Waals surface area contributed by atoms with Crippen LogP contribution in [0.1, 0.15) is 27.4 Å². The number of benzene rings is 1. The first-order chi connectivity index (χ1) is 11.6. The molecule has 1 N–H and O–H groups in total. The highest BCUT2D eigenvalue weighted by molar-refractivity contribution is 6.33. The van der Waals surface area contributed by atoms with Crippen molar-refractivity contribution in [3.8, 4) is 5.69 Å². The SMILES string of the molecule is Cc1cnc(CNC(=O)c2c(C)nn(-c3ccccc3)c2Cl)nc1. The predicted molar refractivity (Wildman–Crippen MR) is 91.3 cm³/mol. The number of carbonyl (C=O) groups is 1. The van der Waals surface area contributed by atoms with E-state index in [-0.39, 0.29) is 17.6 Å². The molecule has 7 heteroatoms. The van der Waals surface area contributed by atoms with E-state index in [0.29, 0.717) is 17.1 Å². The van der Waals surface area contributed by atoms with Gasteiger partial charge in [0, 0.05) is 12.4 Å². The summed E-state index contributed by atoms with van der Waals surface area (Å²) < 4.78 is 1.55. The fraction of sp³-hybridized carbons (Fsp3) is 0.176. The van der Waals surface area contributed by atoms with Crippen molar-refractivity contribution in [3.63, 3.8) is 0 Å². The Morgan fingerprint density at radius 3 is 2.50 bits per heavy atom. The lowest BCUT2D eigenvalue weighted by molar-refractivity contribution is 0.0949.